The number of hydrogen-bond donors (Lipinski definition) is 1. The van der Waals surface area contributed by atoms with Crippen molar-refractivity contribution in [2.24, 2.45) is 0 Å². The van der Waals surface area contributed by atoms with Crippen molar-refractivity contribution in [3.05, 3.63) is 34.9 Å². The molecule has 0 spiro atoms. The summed E-state index contributed by atoms with van der Waals surface area (Å²) in [4.78, 5) is 14.9. The minimum Gasteiger partial charge on any atom is -0.357 e. The van der Waals surface area contributed by atoms with Gasteiger partial charge < -0.3 is 10.2 Å². The molecule has 0 saturated carbocycles. The van der Waals surface area contributed by atoms with Crippen LogP contribution in [0.25, 0.3) is 0 Å². The molecule has 5 nitrogen and oxygen atoms in total. The fourth-order valence-electron chi connectivity index (χ4n) is 1.45. The van der Waals surface area contributed by atoms with Crippen molar-refractivity contribution in [3.63, 3.8) is 0 Å². The molecule has 1 N–H and O–H groups in total. The van der Waals surface area contributed by atoms with Gasteiger partial charge in [-0.05, 0) is 17.7 Å². The number of nitrogens with zero attached hydrogens (tertiary/aromatic N) is 4. The molecule has 0 aliphatic heterocycles. The number of anilines is 2. The minimum absolute atomic E-state index is 0.572. The summed E-state index contributed by atoms with van der Waals surface area (Å²) in [5.74, 6) is 2.00. The van der Waals surface area contributed by atoms with Crippen molar-refractivity contribution >= 4 is 35.3 Å². The Labute approximate surface area is 127 Å². The maximum absolute atomic E-state index is 5.87. The standard InChI is InChI=1S/C13H16ClN5S/c1-15-11-16-12(19(2)3)18-13(17-11)20-8-9-4-6-10(14)7-5-9/h4-7H,8H2,1-3H3,(H,15,16,17,18). The van der Waals surface area contributed by atoms with Gasteiger partial charge in [0.1, 0.15) is 0 Å². The van der Waals surface area contributed by atoms with E-state index in [1.807, 2.05) is 43.3 Å². The predicted molar refractivity (Wildman–Crippen MR) is 84.7 cm³/mol. The first kappa shape index (κ1) is 14.9. The molecule has 7 heteroatoms. The lowest BCUT2D eigenvalue weighted by molar-refractivity contribution is 0.870. The Bertz CT molecular complexity index is 573. The first-order chi connectivity index (χ1) is 9.58. The number of thioether (sulfide) groups is 1. The first-order valence-corrected chi connectivity index (χ1v) is 7.43. The van der Waals surface area contributed by atoms with Crippen LogP contribution in [0.4, 0.5) is 11.9 Å². The monoisotopic (exact) mass is 309 g/mol. The molecule has 0 atom stereocenters. The van der Waals surface area contributed by atoms with Crippen molar-refractivity contribution in [2.75, 3.05) is 31.4 Å². The highest BCUT2D eigenvalue weighted by Crippen LogP contribution is 2.22. The summed E-state index contributed by atoms with van der Waals surface area (Å²) in [5.41, 5.74) is 1.18. The van der Waals surface area contributed by atoms with Gasteiger partial charge in [0, 0.05) is 31.9 Å². The average molecular weight is 310 g/mol. The molecular formula is C13H16ClN5S. The molecule has 2 aromatic rings. The SMILES string of the molecule is CNc1nc(SCc2ccc(Cl)cc2)nc(N(C)C)n1. The Morgan fingerprint density at radius 3 is 2.45 bits per heavy atom. The molecule has 0 radical (unpaired) electrons. The summed E-state index contributed by atoms with van der Waals surface area (Å²) in [7, 11) is 5.60. The second kappa shape index (κ2) is 6.76. The van der Waals surface area contributed by atoms with Crippen molar-refractivity contribution < 1.29 is 0 Å². The number of benzene rings is 1. The average Bonchev–Trinajstić information content (AvgIpc) is 2.46. The van der Waals surface area contributed by atoms with Crippen LogP contribution in [-0.4, -0.2) is 36.1 Å². The van der Waals surface area contributed by atoms with Gasteiger partial charge in [0.05, 0.1) is 0 Å². The van der Waals surface area contributed by atoms with E-state index in [0.717, 1.165) is 10.8 Å². The molecular weight excluding hydrogens is 294 g/mol. The molecule has 0 amide bonds. The van der Waals surface area contributed by atoms with Gasteiger partial charge in [-0.15, -0.1) is 0 Å². The zero-order chi connectivity index (χ0) is 14.5. The molecule has 1 aromatic carbocycles. The molecule has 1 aromatic heterocycles. The zero-order valence-electron chi connectivity index (χ0n) is 11.6. The lowest BCUT2D eigenvalue weighted by Gasteiger charge is -2.12. The molecule has 0 aliphatic rings. The van der Waals surface area contributed by atoms with E-state index in [9.17, 15) is 0 Å². The Balaban J connectivity index is 2.12. The minimum atomic E-state index is 0.572. The summed E-state index contributed by atoms with van der Waals surface area (Å²) in [6.45, 7) is 0. The maximum atomic E-state index is 5.87. The van der Waals surface area contributed by atoms with E-state index in [2.05, 4.69) is 20.3 Å². The first-order valence-electron chi connectivity index (χ1n) is 6.07. The van der Waals surface area contributed by atoms with Gasteiger partial charge in [-0.3, -0.25) is 0 Å². The van der Waals surface area contributed by atoms with Crippen LogP contribution in [0.3, 0.4) is 0 Å². The molecule has 106 valence electrons. The van der Waals surface area contributed by atoms with Crippen LogP contribution in [0.2, 0.25) is 5.02 Å². The number of aromatic nitrogens is 3. The van der Waals surface area contributed by atoms with Gasteiger partial charge in [0.2, 0.25) is 11.9 Å². The van der Waals surface area contributed by atoms with Crippen LogP contribution in [0.1, 0.15) is 5.56 Å². The highest BCUT2D eigenvalue weighted by molar-refractivity contribution is 7.98. The Hall–Kier alpha value is -1.53. The highest BCUT2D eigenvalue weighted by atomic mass is 35.5. The molecule has 0 aliphatic carbocycles. The van der Waals surface area contributed by atoms with Gasteiger partial charge in [-0.1, -0.05) is 35.5 Å². The number of nitrogens with one attached hydrogen (secondary N) is 1. The van der Waals surface area contributed by atoms with Crippen LogP contribution in [0.15, 0.2) is 29.4 Å². The topological polar surface area (TPSA) is 53.9 Å². The second-order valence-electron chi connectivity index (χ2n) is 4.30. The Morgan fingerprint density at radius 1 is 1.15 bits per heavy atom. The Kier molecular flexibility index (Phi) is 5.03. The van der Waals surface area contributed by atoms with Crippen molar-refractivity contribution in [1.82, 2.24) is 15.0 Å². The van der Waals surface area contributed by atoms with E-state index in [0.29, 0.717) is 17.1 Å². The van der Waals surface area contributed by atoms with Crippen LogP contribution in [0.5, 0.6) is 0 Å². The fourth-order valence-corrected chi connectivity index (χ4v) is 2.36. The number of hydrogen-bond acceptors (Lipinski definition) is 6. The van der Waals surface area contributed by atoms with E-state index in [1.165, 1.54) is 5.56 Å². The van der Waals surface area contributed by atoms with Crippen molar-refractivity contribution in [1.29, 1.82) is 0 Å². The summed E-state index contributed by atoms with van der Waals surface area (Å²) < 4.78 is 0. The summed E-state index contributed by atoms with van der Waals surface area (Å²) >= 11 is 7.44. The van der Waals surface area contributed by atoms with E-state index in [4.69, 9.17) is 11.6 Å². The van der Waals surface area contributed by atoms with Crippen LogP contribution < -0.4 is 10.2 Å². The largest absolute Gasteiger partial charge is 0.357 e. The lowest BCUT2D eigenvalue weighted by atomic mass is 10.2. The zero-order valence-corrected chi connectivity index (χ0v) is 13.2. The van der Waals surface area contributed by atoms with Gasteiger partial charge in [0.15, 0.2) is 5.16 Å². The highest BCUT2D eigenvalue weighted by Gasteiger charge is 2.08. The molecule has 20 heavy (non-hydrogen) atoms. The van der Waals surface area contributed by atoms with Crippen molar-refractivity contribution in [3.8, 4) is 0 Å². The second-order valence-corrected chi connectivity index (χ2v) is 5.68. The fraction of sp³-hybridized carbons (Fsp3) is 0.308. The molecule has 0 unspecified atom stereocenters. The van der Waals surface area contributed by atoms with Crippen molar-refractivity contribution in [2.45, 2.75) is 10.9 Å². The van der Waals surface area contributed by atoms with Gasteiger partial charge in [-0.2, -0.15) is 15.0 Å². The van der Waals surface area contributed by atoms with Crippen LogP contribution in [0, 0.1) is 0 Å². The van der Waals surface area contributed by atoms with Gasteiger partial charge in [0.25, 0.3) is 0 Å². The predicted octanol–water partition coefficient (Wildman–Crippen LogP) is 2.93. The molecule has 0 bridgehead atoms. The molecule has 0 saturated heterocycles. The Morgan fingerprint density at radius 2 is 1.85 bits per heavy atom. The van der Waals surface area contributed by atoms with Crippen LogP contribution in [-0.2, 0) is 5.75 Å². The summed E-state index contributed by atoms with van der Waals surface area (Å²) in [5, 5.41) is 4.39. The van der Waals surface area contributed by atoms with E-state index in [-0.39, 0.29) is 0 Å². The van der Waals surface area contributed by atoms with E-state index >= 15 is 0 Å². The molecule has 1 heterocycles. The smallest absolute Gasteiger partial charge is 0.230 e. The van der Waals surface area contributed by atoms with Gasteiger partial charge in [-0.25, -0.2) is 0 Å². The third-order valence-electron chi connectivity index (χ3n) is 2.51. The van der Waals surface area contributed by atoms with Crippen LogP contribution >= 0.6 is 23.4 Å². The number of halogens is 1. The number of rotatable bonds is 5. The van der Waals surface area contributed by atoms with Gasteiger partial charge >= 0.3 is 0 Å². The maximum Gasteiger partial charge on any atom is 0.230 e. The summed E-state index contributed by atoms with van der Waals surface area (Å²) in [6.07, 6.45) is 0. The molecule has 0 fully saturated rings. The molecule has 2 rings (SSSR count). The van der Waals surface area contributed by atoms with E-state index < -0.39 is 0 Å². The third-order valence-corrected chi connectivity index (χ3v) is 3.68. The normalized spacial score (nSPS) is 10.4. The summed E-state index contributed by atoms with van der Waals surface area (Å²) in [6, 6.07) is 7.77. The third kappa shape index (κ3) is 3.98. The lowest BCUT2D eigenvalue weighted by Crippen LogP contribution is -2.15. The quantitative estimate of drug-likeness (QED) is 0.857. The van der Waals surface area contributed by atoms with E-state index in [1.54, 1.807) is 18.8 Å².